The molecule has 114 valence electrons. The van der Waals surface area contributed by atoms with E-state index in [2.05, 4.69) is 29.6 Å². The second-order valence-corrected chi connectivity index (χ2v) is 6.34. The Kier molecular flexibility index (Phi) is 3.68. The number of benzene rings is 2. The van der Waals surface area contributed by atoms with E-state index in [1.807, 2.05) is 18.2 Å². The summed E-state index contributed by atoms with van der Waals surface area (Å²) in [4.78, 5) is 0. The minimum atomic E-state index is 0.167. The molecule has 0 radical (unpaired) electrons. The van der Waals surface area contributed by atoms with Crippen molar-refractivity contribution in [1.82, 2.24) is 5.32 Å². The van der Waals surface area contributed by atoms with Crippen molar-refractivity contribution >= 4 is 11.6 Å². The number of ether oxygens (including phenoxy) is 2. The summed E-state index contributed by atoms with van der Waals surface area (Å²) in [6, 6.07) is 14.1. The van der Waals surface area contributed by atoms with Crippen molar-refractivity contribution in [2.24, 2.45) is 0 Å². The van der Waals surface area contributed by atoms with Crippen molar-refractivity contribution in [2.75, 3.05) is 13.1 Å². The van der Waals surface area contributed by atoms with Gasteiger partial charge in [-0.2, -0.15) is 0 Å². The Labute approximate surface area is 135 Å². The van der Waals surface area contributed by atoms with E-state index >= 15 is 0 Å². The lowest BCUT2D eigenvalue weighted by molar-refractivity contribution is 0.128. The average Bonchev–Trinajstić information content (AvgIpc) is 2.88. The molecule has 2 aromatic rings. The Morgan fingerprint density at radius 1 is 0.864 bits per heavy atom. The van der Waals surface area contributed by atoms with Gasteiger partial charge in [0.1, 0.15) is 12.2 Å². The van der Waals surface area contributed by atoms with Gasteiger partial charge in [0.2, 0.25) is 0 Å². The molecule has 2 aromatic carbocycles. The van der Waals surface area contributed by atoms with E-state index in [1.165, 1.54) is 11.1 Å². The van der Waals surface area contributed by atoms with Crippen LogP contribution in [0.4, 0.5) is 0 Å². The molecule has 0 unspecified atom stereocenters. The number of rotatable bonds is 4. The molecule has 0 bridgehead atoms. The zero-order chi connectivity index (χ0) is 14.9. The first-order valence-corrected chi connectivity index (χ1v) is 8.06. The molecule has 3 nitrogen and oxygen atoms in total. The van der Waals surface area contributed by atoms with Gasteiger partial charge < -0.3 is 14.8 Å². The van der Waals surface area contributed by atoms with Crippen LogP contribution >= 0.6 is 11.6 Å². The van der Waals surface area contributed by atoms with E-state index in [9.17, 15) is 0 Å². The highest BCUT2D eigenvalue weighted by Gasteiger charge is 2.25. The second kappa shape index (κ2) is 5.82. The predicted molar refractivity (Wildman–Crippen MR) is 87.0 cm³/mol. The van der Waals surface area contributed by atoms with Crippen molar-refractivity contribution in [3.8, 4) is 11.5 Å². The summed E-state index contributed by atoms with van der Waals surface area (Å²) in [5, 5.41) is 3.87. The van der Waals surface area contributed by atoms with Gasteiger partial charge in [0, 0.05) is 37.0 Å². The second-order valence-electron chi connectivity index (χ2n) is 5.91. The lowest BCUT2D eigenvalue weighted by Crippen LogP contribution is -2.50. The Bertz CT molecular complexity index is 660. The summed E-state index contributed by atoms with van der Waals surface area (Å²) in [5.41, 5.74) is 2.76. The molecule has 0 aromatic heterocycles. The zero-order valence-corrected chi connectivity index (χ0v) is 13.0. The van der Waals surface area contributed by atoms with Crippen LogP contribution in [0.3, 0.4) is 0 Å². The number of hydrogen-bond donors (Lipinski definition) is 1. The third-order valence-electron chi connectivity index (χ3n) is 4.25. The number of fused-ring (bicyclic) bond motifs is 1. The summed E-state index contributed by atoms with van der Waals surface area (Å²) in [7, 11) is 0. The monoisotopic (exact) mass is 315 g/mol. The van der Waals surface area contributed by atoms with E-state index in [-0.39, 0.29) is 12.2 Å². The van der Waals surface area contributed by atoms with Gasteiger partial charge in [0.15, 0.2) is 11.5 Å². The molecule has 4 rings (SSSR count). The Morgan fingerprint density at radius 3 is 2.18 bits per heavy atom. The molecule has 1 saturated heterocycles. The predicted octanol–water partition coefficient (Wildman–Crippen LogP) is 3.24. The topological polar surface area (TPSA) is 30.5 Å². The maximum atomic E-state index is 6.21. The van der Waals surface area contributed by atoms with E-state index in [0.717, 1.165) is 37.4 Å². The first-order chi connectivity index (χ1) is 10.8. The normalized spacial score (nSPS) is 17.9. The standard InChI is InChI=1S/C18H18ClNO2/c19-14-5-6-17(18(9-14)22-16-10-20-11-16)21-15-7-12-3-1-2-4-13(12)8-15/h1-6,9,15-16,20H,7-8,10-11H2. The maximum absolute atomic E-state index is 6.21. The van der Waals surface area contributed by atoms with E-state index in [0.29, 0.717) is 5.02 Å². The van der Waals surface area contributed by atoms with Crippen LogP contribution in [0.1, 0.15) is 11.1 Å². The van der Waals surface area contributed by atoms with E-state index in [4.69, 9.17) is 21.1 Å². The molecule has 1 aliphatic carbocycles. The molecule has 0 spiro atoms. The summed E-state index contributed by atoms with van der Waals surface area (Å²) in [6.45, 7) is 1.75. The highest BCUT2D eigenvalue weighted by Crippen LogP contribution is 2.34. The molecular weight excluding hydrogens is 298 g/mol. The van der Waals surface area contributed by atoms with Gasteiger partial charge in [-0.05, 0) is 23.3 Å². The first kappa shape index (κ1) is 13.9. The van der Waals surface area contributed by atoms with Gasteiger partial charge in [0.05, 0.1) is 0 Å². The summed E-state index contributed by atoms with van der Waals surface area (Å²) < 4.78 is 12.2. The highest BCUT2D eigenvalue weighted by molar-refractivity contribution is 6.30. The third kappa shape index (κ3) is 2.79. The van der Waals surface area contributed by atoms with Gasteiger partial charge in [-0.1, -0.05) is 35.9 Å². The molecule has 1 fully saturated rings. The number of nitrogens with one attached hydrogen (secondary N) is 1. The van der Waals surface area contributed by atoms with Crippen molar-refractivity contribution in [3.63, 3.8) is 0 Å². The first-order valence-electron chi connectivity index (χ1n) is 7.68. The maximum Gasteiger partial charge on any atom is 0.163 e. The molecule has 2 aliphatic rings. The Morgan fingerprint density at radius 2 is 1.55 bits per heavy atom. The van der Waals surface area contributed by atoms with Crippen molar-refractivity contribution in [2.45, 2.75) is 25.0 Å². The summed E-state index contributed by atoms with van der Waals surface area (Å²) in [5.74, 6) is 1.53. The fourth-order valence-corrected chi connectivity index (χ4v) is 3.14. The van der Waals surface area contributed by atoms with Crippen LogP contribution in [0.5, 0.6) is 11.5 Å². The largest absolute Gasteiger partial charge is 0.486 e. The average molecular weight is 316 g/mol. The fraction of sp³-hybridized carbons (Fsp3) is 0.333. The van der Waals surface area contributed by atoms with Crippen LogP contribution in [0.2, 0.25) is 5.02 Å². The quantitative estimate of drug-likeness (QED) is 0.939. The van der Waals surface area contributed by atoms with Crippen molar-refractivity contribution < 1.29 is 9.47 Å². The minimum Gasteiger partial charge on any atom is -0.486 e. The van der Waals surface area contributed by atoms with Crippen LogP contribution in [-0.4, -0.2) is 25.3 Å². The highest BCUT2D eigenvalue weighted by atomic mass is 35.5. The summed E-state index contributed by atoms with van der Waals surface area (Å²) >= 11 is 6.10. The van der Waals surface area contributed by atoms with Crippen LogP contribution < -0.4 is 14.8 Å². The zero-order valence-electron chi connectivity index (χ0n) is 12.2. The molecule has 1 heterocycles. The Balaban J connectivity index is 1.51. The molecule has 1 aliphatic heterocycles. The fourth-order valence-electron chi connectivity index (χ4n) is 2.98. The number of halogens is 1. The molecule has 4 heteroatoms. The lowest BCUT2D eigenvalue weighted by Gasteiger charge is -2.29. The van der Waals surface area contributed by atoms with Crippen LogP contribution in [-0.2, 0) is 12.8 Å². The SMILES string of the molecule is Clc1ccc(OC2Cc3ccccc3C2)c(OC2CNC2)c1. The molecule has 0 atom stereocenters. The van der Waals surface area contributed by atoms with Crippen LogP contribution in [0, 0.1) is 0 Å². The molecule has 0 amide bonds. The van der Waals surface area contributed by atoms with Crippen LogP contribution in [0.25, 0.3) is 0 Å². The lowest BCUT2D eigenvalue weighted by atomic mass is 10.1. The Hall–Kier alpha value is -1.71. The van der Waals surface area contributed by atoms with E-state index in [1.54, 1.807) is 0 Å². The van der Waals surface area contributed by atoms with Gasteiger partial charge in [0.25, 0.3) is 0 Å². The molecule has 22 heavy (non-hydrogen) atoms. The van der Waals surface area contributed by atoms with Gasteiger partial charge in [-0.25, -0.2) is 0 Å². The number of hydrogen-bond acceptors (Lipinski definition) is 3. The van der Waals surface area contributed by atoms with Crippen molar-refractivity contribution in [3.05, 3.63) is 58.6 Å². The van der Waals surface area contributed by atoms with Gasteiger partial charge in [-0.3, -0.25) is 0 Å². The van der Waals surface area contributed by atoms with Gasteiger partial charge in [-0.15, -0.1) is 0 Å². The molecule has 0 saturated carbocycles. The molecule has 1 N–H and O–H groups in total. The molecular formula is C18H18ClNO2. The van der Waals surface area contributed by atoms with Crippen molar-refractivity contribution in [1.29, 1.82) is 0 Å². The van der Waals surface area contributed by atoms with E-state index < -0.39 is 0 Å². The van der Waals surface area contributed by atoms with Crippen LogP contribution in [0.15, 0.2) is 42.5 Å². The third-order valence-corrected chi connectivity index (χ3v) is 4.49. The summed E-state index contributed by atoms with van der Waals surface area (Å²) in [6.07, 6.45) is 2.27. The van der Waals surface area contributed by atoms with Gasteiger partial charge >= 0.3 is 0 Å². The smallest absolute Gasteiger partial charge is 0.163 e. The minimum absolute atomic E-state index is 0.167.